The Balaban J connectivity index is 1.35. The molecule has 0 spiro atoms. The molecule has 1 aliphatic heterocycles. The Labute approximate surface area is 192 Å². The Morgan fingerprint density at radius 3 is 2.58 bits per heavy atom. The summed E-state index contributed by atoms with van der Waals surface area (Å²) < 4.78 is 1.87. The quantitative estimate of drug-likeness (QED) is 0.525. The summed E-state index contributed by atoms with van der Waals surface area (Å²) in [4.78, 5) is 17.4. The number of benzene rings is 2. The van der Waals surface area contributed by atoms with Crippen molar-refractivity contribution < 1.29 is 4.79 Å². The summed E-state index contributed by atoms with van der Waals surface area (Å²) in [5.74, 6) is 0.140. The number of halogens is 1. The van der Waals surface area contributed by atoms with Crippen molar-refractivity contribution >= 4 is 29.3 Å². The summed E-state index contributed by atoms with van der Waals surface area (Å²) in [6.07, 6.45) is 1.66. The van der Waals surface area contributed by atoms with Crippen molar-refractivity contribution in [2.24, 2.45) is 0 Å². The first kappa shape index (κ1) is 21.9. The topological polar surface area (TPSA) is 54.3 Å². The molecule has 31 heavy (non-hydrogen) atoms. The van der Waals surface area contributed by atoms with E-state index in [0.29, 0.717) is 10.2 Å². The minimum Gasteiger partial charge on any atom is -0.339 e. The van der Waals surface area contributed by atoms with Crippen LogP contribution in [-0.4, -0.2) is 61.9 Å². The maximum absolute atomic E-state index is 13.0. The average Bonchev–Trinajstić information content (AvgIpc) is 3.24. The van der Waals surface area contributed by atoms with E-state index in [9.17, 15) is 4.79 Å². The van der Waals surface area contributed by atoms with Crippen molar-refractivity contribution in [2.75, 3.05) is 26.2 Å². The number of hydrogen-bond donors (Lipinski definition) is 0. The Morgan fingerprint density at radius 2 is 1.87 bits per heavy atom. The summed E-state index contributed by atoms with van der Waals surface area (Å²) in [6, 6.07) is 16.3. The second kappa shape index (κ2) is 9.85. The first-order chi connectivity index (χ1) is 15.0. The van der Waals surface area contributed by atoms with E-state index in [4.69, 9.17) is 11.6 Å². The molecule has 0 radical (unpaired) electrons. The van der Waals surface area contributed by atoms with Gasteiger partial charge in [-0.3, -0.25) is 14.3 Å². The Morgan fingerprint density at radius 1 is 1.13 bits per heavy atom. The van der Waals surface area contributed by atoms with E-state index in [-0.39, 0.29) is 11.2 Å². The van der Waals surface area contributed by atoms with Gasteiger partial charge in [-0.2, -0.15) is 0 Å². The van der Waals surface area contributed by atoms with Gasteiger partial charge < -0.3 is 4.90 Å². The van der Waals surface area contributed by atoms with Crippen LogP contribution in [0.2, 0.25) is 5.02 Å². The smallest absolute Gasteiger partial charge is 0.235 e. The van der Waals surface area contributed by atoms with Crippen LogP contribution in [0.5, 0.6) is 0 Å². The predicted molar refractivity (Wildman–Crippen MR) is 125 cm³/mol. The number of aryl methyl sites for hydroxylation is 1. The number of thioether (sulfide) groups is 1. The van der Waals surface area contributed by atoms with Crippen molar-refractivity contribution in [3.63, 3.8) is 0 Å². The highest BCUT2D eigenvalue weighted by atomic mass is 35.5. The molecule has 162 valence electrons. The van der Waals surface area contributed by atoms with Crippen LogP contribution in [0.15, 0.2) is 60.0 Å². The van der Waals surface area contributed by atoms with Crippen LogP contribution < -0.4 is 0 Å². The lowest BCUT2D eigenvalue weighted by Gasteiger charge is -2.35. The van der Waals surface area contributed by atoms with E-state index in [1.807, 2.05) is 47.6 Å². The molecule has 0 N–H and O–H groups in total. The number of carbonyl (C=O) groups is 1. The van der Waals surface area contributed by atoms with E-state index < -0.39 is 0 Å². The van der Waals surface area contributed by atoms with Gasteiger partial charge in [0.1, 0.15) is 6.33 Å². The highest BCUT2D eigenvalue weighted by molar-refractivity contribution is 8.00. The van der Waals surface area contributed by atoms with Crippen LogP contribution in [-0.2, 0) is 11.3 Å². The minimum atomic E-state index is -0.246. The minimum absolute atomic E-state index is 0.140. The molecule has 8 heteroatoms. The van der Waals surface area contributed by atoms with Crippen LogP contribution in [0.4, 0.5) is 0 Å². The molecule has 1 saturated heterocycles. The molecule has 2 heterocycles. The fourth-order valence-electron chi connectivity index (χ4n) is 3.65. The molecule has 4 rings (SSSR count). The largest absolute Gasteiger partial charge is 0.339 e. The van der Waals surface area contributed by atoms with Crippen molar-refractivity contribution in [3.8, 4) is 5.69 Å². The zero-order valence-electron chi connectivity index (χ0n) is 17.7. The number of hydrogen-bond acceptors (Lipinski definition) is 5. The molecule has 1 atom stereocenters. The van der Waals surface area contributed by atoms with Gasteiger partial charge in [-0.1, -0.05) is 59.8 Å². The maximum atomic E-state index is 13.0. The molecule has 0 saturated carbocycles. The molecule has 1 aliphatic rings. The van der Waals surface area contributed by atoms with Gasteiger partial charge in [-0.15, -0.1) is 10.2 Å². The van der Waals surface area contributed by atoms with Crippen LogP contribution in [0.1, 0.15) is 18.1 Å². The molecule has 1 amide bonds. The van der Waals surface area contributed by atoms with Gasteiger partial charge >= 0.3 is 0 Å². The van der Waals surface area contributed by atoms with Gasteiger partial charge in [-0.25, -0.2) is 0 Å². The van der Waals surface area contributed by atoms with Gasteiger partial charge in [0.2, 0.25) is 5.91 Å². The third-order valence-corrected chi connectivity index (χ3v) is 6.96. The second-order valence-corrected chi connectivity index (χ2v) is 9.48. The zero-order chi connectivity index (χ0) is 21.8. The lowest BCUT2D eigenvalue weighted by atomic mass is 10.2. The number of rotatable bonds is 6. The number of nitrogens with zero attached hydrogens (tertiary/aromatic N) is 5. The molecular formula is C23H26ClN5OS. The molecule has 0 bridgehead atoms. The van der Waals surface area contributed by atoms with E-state index in [0.717, 1.165) is 44.0 Å². The van der Waals surface area contributed by atoms with Gasteiger partial charge in [-0.05, 0) is 37.1 Å². The highest BCUT2D eigenvalue weighted by Crippen LogP contribution is 2.27. The summed E-state index contributed by atoms with van der Waals surface area (Å²) >= 11 is 7.71. The Kier molecular flexibility index (Phi) is 6.95. The number of piperazine rings is 1. The standard InChI is InChI=1S/C23H26ClN5OS/c1-17-8-9-20(14-21(17)24)29-16-25-26-23(29)31-18(2)22(30)28-12-10-27(11-13-28)15-19-6-4-3-5-7-19/h3-9,14,16,18H,10-13,15H2,1-2H3. The summed E-state index contributed by atoms with van der Waals surface area (Å²) in [7, 11) is 0. The molecule has 1 aromatic heterocycles. The normalized spacial score (nSPS) is 15.8. The van der Waals surface area contributed by atoms with Crippen LogP contribution >= 0.6 is 23.4 Å². The highest BCUT2D eigenvalue weighted by Gasteiger charge is 2.27. The van der Waals surface area contributed by atoms with Gasteiger partial charge in [0, 0.05) is 37.7 Å². The SMILES string of the molecule is Cc1ccc(-n2cnnc2SC(C)C(=O)N2CCN(Cc3ccccc3)CC2)cc1Cl. The first-order valence-electron chi connectivity index (χ1n) is 10.4. The van der Waals surface area contributed by atoms with Crippen molar-refractivity contribution in [1.82, 2.24) is 24.6 Å². The molecule has 1 unspecified atom stereocenters. The number of carbonyl (C=O) groups excluding carboxylic acids is 1. The van der Waals surface area contributed by atoms with Crippen molar-refractivity contribution in [3.05, 3.63) is 71.0 Å². The van der Waals surface area contributed by atoms with Crippen molar-refractivity contribution in [2.45, 2.75) is 30.8 Å². The van der Waals surface area contributed by atoms with Crippen molar-refractivity contribution in [1.29, 1.82) is 0 Å². The third-order valence-electron chi connectivity index (χ3n) is 5.51. The lowest BCUT2D eigenvalue weighted by Crippen LogP contribution is -2.50. The van der Waals surface area contributed by atoms with E-state index in [2.05, 4.69) is 39.4 Å². The maximum Gasteiger partial charge on any atom is 0.235 e. The van der Waals surface area contributed by atoms with Gasteiger partial charge in [0.05, 0.1) is 10.9 Å². The van der Waals surface area contributed by atoms with Gasteiger partial charge in [0.15, 0.2) is 5.16 Å². The fraction of sp³-hybridized carbons (Fsp3) is 0.348. The summed E-state index contributed by atoms with van der Waals surface area (Å²) in [6.45, 7) is 8.09. The average molecular weight is 456 g/mol. The van der Waals surface area contributed by atoms with Gasteiger partial charge in [0.25, 0.3) is 0 Å². The molecule has 0 aliphatic carbocycles. The first-order valence-corrected chi connectivity index (χ1v) is 11.7. The molecule has 1 fully saturated rings. The Bertz CT molecular complexity index is 1030. The molecular weight excluding hydrogens is 430 g/mol. The van der Waals surface area contributed by atoms with E-state index in [1.165, 1.54) is 17.3 Å². The summed E-state index contributed by atoms with van der Waals surface area (Å²) in [5.41, 5.74) is 3.21. The van der Waals surface area contributed by atoms with E-state index >= 15 is 0 Å². The van der Waals surface area contributed by atoms with Crippen LogP contribution in [0.25, 0.3) is 5.69 Å². The van der Waals surface area contributed by atoms with Crippen LogP contribution in [0.3, 0.4) is 0 Å². The predicted octanol–water partition coefficient (Wildman–Crippen LogP) is 4.05. The lowest BCUT2D eigenvalue weighted by molar-refractivity contribution is -0.132. The monoisotopic (exact) mass is 455 g/mol. The zero-order valence-corrected chi connectivity index (χ0v) is 19.3. The molecule has 2 aromatic carbocycles. The fourth-order valence-corrected chi connectivity index (χ4v) is 4.75. The summed E-state index contributed by atoms with van der Waals surface area (Å²) in [5, 5.41) is 9.40. The van der Waals surface area contributed by atoms with Crippen LogP contribution in [0, 0.1) is 6.92 Å². The number of aromatic nitrogens is 3. The molecule has 6 nitrogen and oxygen atoms in total. The Hall–Kier alpha value is -2.35. The second-order valence-electron chi connectivity index (χ2n) is 7.76. The number of amides is 1. The van der Waals surface area contributed by atoms with E-state index in [1.54, 1.807) is 6.33 Å². The third kappa shape index (κ3) is 5.29. The molecule has 3 aromatic rings.